The fourth-order valence-corrected chi connectivity index (χ4v) is 3.10. The van der Waals surface area contributed by atoms with Gasteiger partial charge in [0.1, 0.15) is 5.75 Å². The Hall–Kier alpha value is -3.42. The van der Waals surface area contributed by atoms with Crippen LogP contribution in [-0.2, 0) is 4.79 Å². The summed E-state index contributed by atoms with van der Waals surface area (Å²) in [5, 5.41) is 5.58. The molecule has 1 saturated heterocycles. The van der Waals surface area contributed by atoms with Gasteiger partial charge in [0.2, 0.25) is 5.91 Å². The number of nitrogens with one attached hydrogen (secondary N) is 2. The highest BCUT2D eigenvalue weighted by atomic mass is 16.5. The number of hydrogen-bond acceptors (Lipinski definition) is 5. The van der Waals surface area contributed by atoms with E-state index >= 15 is 0 Å². The quantitative estimate of drug-likeness (QED) is 0.798. The Bertz CT molecular complexity index is 871. The minimum atomic E-state index is -0.391. The van der Waals surface area contributed by atoms with Crippen LogP contribution in [-0.4, -0.2) is 45.9 Å². The number of urea groups is 1. The molecular formula is C20H23N3O5. The lowest BCUT2D eigenvalue weighted by atomic mass is 10.2. The lowest BCUT2D eigenvalue weighted by Gasteiger charge is -2.18. The largest absolute Gasteiger partial charge is 0.497 e. The molecule has 0 spiro atoms. The van der Waals surface area contributed by atoms with E-state index in [4.69, 9.17) is 14.2 Å². The van der Waals surface area contributed by atoms with Crippen LogP contribution in [0.5, 0.6) is 17.2 Å². The second-order valence-electron chi connectivity index (χ2n) is 6.28. The Morgan fingerprint density at radius 1 is 1.04 bits per heavy atom. The van der Waals surface area contributed by atoms with Gasteiger partial charge in [0, 0.05) is 36.5 Å². The molecule has 2 aromatic rings. The Labute approximate surface area is 163 Å². The number of methoxy groups -OCH3 is 3. The number of anilines is 2. The van der Waals surface area contributed by atoms with Crippen molar-refractivity contribution in [2.75, 3.05) is 38.1 Å². The summed E-state index contributed by atoms with van der Waals surface area (Å²) in [6.45, 7) is 0.394. The summed E-state index contributed by atoms with van der Waals surface area (Å²) in [5.41, 5.74) is 1.30. The number of nitrogens with zero attached hydrogens (tertiary/aromatic N) is 1. The number of carbonyl (C=O) groups excluding carboxylic acids is 2. The predicted octanol–water partition coefficient (Wildman–Crippen LogP) is 2.64. The van der Waals surface area contributed by atoms with E-state index in [2.05, 4.69) is 10.6 Å². The van der Waals surface area contributed by atoms with Crippen molar-refractivity contribution in [1.82, 2.24) is 5.32 Å². The van der Waals surface area contributed by atoms with Crippen molar-refractivity contribution in [3.05, 3.63) is 42.5 Å². The second kappa shape index (κ2) is 8.51. The highest BCUT2D eigenvalue weighted by Crippen LogP contribution is 2.30. The first-order chi connectivity index (χ1) is 13.5. The van der Waals surface area contributed by atoms with Gasteiger partial charge in [0.25, 0.3) is 0 Å². The molecule has 148 valence electrons. The van der Waals surface area contributed by atoms with E-state index in [0.29, 0.717) is 29.5 Å². The van der Waals surface area contributed by atoms with Crippen molar-refractivity contribution in [2.24, 2.45) is 0 Å². The third-order valence-electron chi connectivity index (χ3n) is 4.47. The van der Waals surface area contributed by atoms with Crippen LogP contribution in [0, 0.1) is 0 Å². The summed E-state index contributed by atoms with van der Waals surface area (Å²) >= 11 is 0. The normalized spacial score (nSPS) is 15.9. The smallest absolute Gasteiger partial charge is 0.319 e. The molecular weight excluding hydrogens is 362 g/mol. The molecule has 8 nitrogen and oxygen atoms in total. The van der Waals surface area contributed by atoms with Gasteiger partial charge in [-0.2, -0.15) is 0 Å². The van der Waals surface area contributed by atoms with Gasteiger partial charge in [-0.1, -0.05) is 6.07 Å². The zero-order chi connectivity index (χ0) is 20.1. The number of carbonyl (C=O) groups is 2. The maximum atomic E-state index is 12.4. The van der Waals surface area contributed by atoms with Crippen LogP contribution in [0.25, 0.3) is 0 Å². The topological polar surface area (TPSA) is 89.1 Å². The van der Waals surface area contributed by atoms with Crippen molar-refractivity contribution in [1.29, 1.82) is 0 Å². The Kier molecular flexibility index (Phi) is 5.88. The Morgan fingerprint density at radius 2 is 1.82 bits per heavy atom. The molecule has 0 saturated carbocycles. The molecule has 0 unspecified atom stereocenters. The summed E-state index contributed by atoms with van der Waals surface area (Å²) in [7, 11) is 4.65. The molecule has 1 aliphatic rings. The summed E-state index contributed by atoms with van der Waals surface area (Å²) in [6, 6.07) is 11.7. The van der Waals surface area contributed by atoms with Gasteiger partial charge in [0.05, 0.1) is 27.4 Å². The number of benzene rings is 2. The molecule has 0 bridgehead atoms. The van der Waals surface area contributed by atoms with Crippen LogP contribution >= 0.6 is 0 Å². The number of ether oxygens (including phenoxy) is 3. The molecule has 0 radical (unpaired) electrons. The molecule has 3 rings (SSSR count). The first-order valence-corrected chi connectivity index (χ1v) is 8.78. The van der Waals surface area contributed by atoms with Gasteiger partial charge >= 0.3 is 6.03 Å². The van der Waals surface area contributed by atoms with Crippen LogP contribution in [0.15, 0.2) is 42.5 Å². The summed E-state index contributed by atoms with van der Waals surface area (Å²) in [6.07, 6.45) is 0.233. The molecule has 1 heterocycles. The summed E-state index contributed by atoms with van der Waals surface area (Å²) < 4.78 is 15.6. The molecule has 28 heavy (non-hydrogen) atoms. The molecule has 0 aromatic heterocycles. The van der Waals surface area contributed by atoms with E-state index in [0.717, 1.165) is 5.69 Å². The van der Waals surface area contributed by atoms with Crippen molar-refractivity contribution in [2.45, 2.75) is 12.5 Å². The maximum absolute atomic E-state index is 12.4. The predicted molar refractivity (Wildman–Crippen MR) is 105 cm³/mol. The lowest BCUT2D eigenvalue weighted by Crippen LogP contribution is -2.39. The molecule has 1 fully saturated rings. The third-order valence-corrected chi connectivity index (χ3v) is 4.47. The molecule has 2 aromatic carbocycles. The van der Waals surface area contributed by atoms with Crippen molar-refractivity contribution >= 4 is 23.3 Å². The van der Waals surface area contributed by atoms with Crippen LogP contribution < -0.4 is 29.7 Å². The summed E-state index contributed by atoms with van der Waals surface area (Å²) in [5.74, 6) is 1.71. The molecule has 0 aliphatic carbocycles. The zero-order valence-corrected chi connectivity index (χ0v) is 16.0. The fourth-order valence-electron chi connectivity index (χ4n) is 3.10. The third kappa shape index (κ3) is 4.28. The lowest BCUT2D eigenvalue weighted by molar-refractivity contribution is -0.117. The number of amides is 3. The minimum Gasteiger partial charge on any atom is -0.497 e. The Balaban J connectivity index is 1.61. The van der Waals surface area contributed by atoms with Crippen LogP contribution in [0.4, 0.5) is 16.2 Å². The number of rotatable bonds is 6. The first-order valence-electron chi connectivity index (χ1n) is 8.78. The molecule has 8 heteroatoms. The molecule has 3 amide bonds. The maximum Gasteiger partial charge on any atom is 0.319 e. The van der Waals surface area contributed by atoms with Gasteiger partial charge in [-0.05, 0) is 24.3 Å². The average molecular weight is 385 g/mol. The fraction of sp³-hybridized carbons (Fsp3) is 0.300. The first kappa shape index (κ1) is 19.3. The van der Waals surface area contributed by atoms with Gasteiger partial charge in [-0.3, -0.25) is 4.79 Å². The highest BCUT2D eigenvalue weighted by molar-refractivity contribution is 5.97. The van der Waals surface area contributed by atoms with E-state index in [9.17, 15) is 9.59 Å². The van der Waals surface area contributed by atoms with Crippen molar-refractivity contribution in [3.8, 4) is 17.2 Å². The molecule has 2 N–H and O–H groups in total. The SMILES string of the molecule is COc1cccc(N2C[C@H](NC(=O)Nc3ccc(OC)c(OC)c3)CC2=O)c1. The van der Waals surface area contributed by atoms with Crippen LogP contribution in [0.3, 0.4) is 0 Å². The van der Waals surface area contributed by atoms with Crippen molar-refractivity contribution < 1.29 is 23.8 Å². The second-order valence-corrected chi connectivity index (χ2v) is 6.28. The molecule has 1 aliphatic heterocycles. The molecule has 1 atom stereocenters. The van der Waals surface area contributed by atoms with Crippen LogP contribution in [0.1, 0.15) is 6.42 Å². The van der Waals surface area contributed by atoms with Crippen molar-refractivity contribution in [3.63, 3.8) is 0 Å². The number of hydrogen-bond donors (Lipinski definition) is 2. The van der Waals surface area contributed by atoms with E-state index < -0.39 is 6.03 Å². The van der Waals surface area contributed by atoms with Gasteiger partial charge in [0.15, 0.2) is 11.5 Å². The Morgan fingerprint density at radius 3 is 2.54 bits per heavy atom. The van der Waals surface area contributed by atoms with Gasteiger partial charge in [-0.15, -0.1) is 0 Å². The average Bonchev–Trinajstić information content (AvgIpc) is 3.07. The monoisotopic (exact) mass is 385 g/mol. The van der Waals surface area contributed by atoms with Gasteiger partial charge in [-0.25, -0.2) is 4.79 Å². The van der Waals surface area contributed by atoms with E-state index in [-0.39, 0.29) is 18.4 Å². The van der Waals surface area contributed by atoms with E-state index in [1.54, 1.807) is 43.4 Å². The summed E-state index contributed by atoms with van der Waals surface area (Å²) in [4.78, 5) is 26.3. The van der Waals surface area contributed by atoms with Crippen LogP contribution in [0.2, 0.25) is 0 Å². The van der Waals surface area contributed by atoms with E-state index in [1.807, 2.05) is 18.2 Å². The van der Waals surface area contributed by atoms with Gasteiger partial charge < -0.3 is 29.7 Å². The minimum absolute atomic E-state index is 0.0512. The highest BCUT2D eigenvalue weighted by Gasteiger charge is 2.31. The standard InChI is InChI=1S/C20H23N3O5/c1-26-16-6-4-5-15(11-16)23-12-14(10-19(23)24)22-20(25)21-13-7-8-17(27-2)18(9-13)28-3/h4-9,11,14H,10,12H2,1-3H3,(H2,21,22,25)/t14-/m1/s1. The zero-order valence-electron chi connectivity index (χ0n) is 16.0. The van der Waals surface area contributed by atoms with E-state index in [1.165, 1.54) is 7.11 Å².